The van der Waals surface area contributed by atoms with Crippen LogP contribution >= 0.6 is 0 Å². The van der Waals surface area contributed by atoms with E-state index in [1.54, 1.807) is 0 Å². The summed E-state index contributed by atoms with van der Waals surface area (Å²) in [6.07, 6.45) is 60.3. The van der Waals surface area contributed by atoms with Crippen LogP contribution in [0.2, 0.25) is 0 Å². The normalized spacial score (nSPS) is 12.7. The Hall–Kier alpha value is -3.15. The molecule has 0 aliphatic heterocycles. The van der Waals surface area contributed by atoms with Crippen LogP contribution in [0.1, 0.15) is 233 Å². The first-order valence-corrected chi connectivity index (χ1v) is 24.9. The molecule has 0 heterocycles. The minimum Gasteiger partial charge on any atom is -0.462 e. The van der Waals surface area contributed by atoms with Crippen molar-refractivity contribution in [3.8, 4) is 0 Å². The number of rotatable bonds is 44. The highest BCUT2D eigenvalue weighted by atomic mass is 16.6. The lowest BCUT2D eigenvalue weighted by Gasteiger charge is -2.18. The first-order chi connectivity index (χ1) is 29.5. The van der Waals surface area contributed by atoms with Crippen LogP contribution in [0.3, 0.4) is 0 Å². The second kappa shape index (κ2) is 48.5. The second-order valence-electron chi connectivity index (χ2n) is 16.3. The van der Waals surface area contributed by atoms with Crippen LogP contribution in [0, 0.1) is 0 Å². The van der Waals surface area contributed by atoms with E-state index < -0.39 is 6.10 Å². The highest BCUT2D eigenvalue weighted by Gasteiger charge is 2.19. The lowest BCUT2D eigenvalue weighted by molar-refractivity contribution is -0.167. The quantitative estimate of drug-likeness (QED) is 0.0263. The predicted molar refractivity (Wildman–Crippen MR) is 256 cm³/mol. The Morgan fingerprint density at radius 3 is 1.10 bits per heavy atom. The SMILES string of the molecule is CC/C=C\C/C=C\C/C=C\C/C=C\CCCCCCCCC(=O)OCC(COC(=O)CCCCCCC/C=C\CCC)OC(=O)CCCCCCC/C=C\CCCCCC. The van der Waals surface area contributed by atoms with Gasteiger partial charge in [-0.2, -0.15) is 0 Å². The van der Waals surface area contributed by atoms with Gasteiger partial charge in [-0.1, -0.05) is 184 Å². The highest BCUT2D eigenvalue weighted by molar-refractivity contribution is 5.71. The van der Waals surface area contributed by atoms with Gasteiger partial charge < -0.3 is 14.2 Å². The van der Waals surface area contributed by atoms with Crippen LogP contribution in [-0.2, 0) is 28.6 Å². The Kier molecular flexibility index (Phi) is 46.0. The molecule has 0 aromatic carbocycles. The van der Waals surface area contributed by atoms with Gasteiger partial charge in [0.15, 0.2) is 6.10 Å². The molecule has 0 rings (SSSR count). The summed E-state index contributed by atoms with van der Waals surface area (Å²) < 4.78 is 16.7. The first kappa shape index (κ1) is 56.9. The molecule has 0 aromatic rings. The summed E-state index contributed by atoms with van der Waals surface area (Å²) >= 11 is 0. The van der Waals surface area contributed by atoms with Crippen LogP contribution in [0.4, 0.5) is 0 Å². The maximum absolute atomic E-state index is 12.7. The molecule has 60 heavy (non-hydrogen) atoms. The van der Waals surface area contributed by atoms with Crippen molar-refractivity contribution in [1.82, 2.24) is 0 Å². The fourth-order valence-electron chi connectivity index (χ4n) is 6.66. The molecule has 0 N–H and O–H groups in total. The molecule has 0 fully saturated rings. The molecule has 0 saturated carbocycles. The molecule has 0 bridgehead atoms. The van der Waals surface area contributed by atoms with Crippen molar-refractivity contribution in [1.29, 1.82) is 0 Å². The van der Waals surface area contributed by atoms with Crippen LogP contribution in [0.25, 0.3) is 0 Å². The third kappa shape index (κ3) is 45.9. The average Bonchev–Trinajstić information content (AvgIpc) is 3.24. The molecule has 6 heteroatoms. The summed E-state index contributed by atoms with van der Waals surface area (Å²) in [5.74, 6) is -0.923. The largest absolute Gasteiger partial charge is 0.462 e. The van der Waals surface area contributed by atoms with Gasteiger partial charge in [0.2, 0.25) is 0 Å². The summed E-state index contributed by atoms with van der Waals surface area (Å²) in [5.41, 5.74) is 0. The van der Waals surface area contributed by atoms with E-state index in [4.69, 9.17) is 14.2 Å². The monoisotopic (exact) mass is 837 g/mol. The van der Waals surface area contributed by atoms with E-state index >= 15 is 0 Å². The highest BCUT2D eigenvalue weighted by Crippen LogP contribution is 2.13. The first-order valence-electron chi connectivity index (χ1n) is 24.9. The van der Waals surface area contributed by atoms with Gasteiger partial charge >= 0.3 is 17.9 Å². The fourth-order valence-corrected chi connectivity index (χ4v) is 6.66. The molecule has 6 nitrogen and oxygen atoms in total. The van der Waals surface area contributed by atoms with Crippen molar-refractivity contribution < 1.29 is 28.6 Å². The third-order valence-electron chi connectivity index (χ3n) is 10.4. The number of unbranched alkanes of at least 4 members (excludes halogenated alkanes) is 21. The van der Waals surface area contributed by atoms with Gasteiger partial charge in [-0.05, 0) is 103 Å². The molecule has 0 aliphatic rings. The molecular formula is C54H92O6. The van der Waals surface area contributed by atoms with E-state index in [0.717, 1.165) is 116 Å². The smallest absolute Gasteiger partial charge is 0.306 e. The molecule has 0 radical (unpaired) electrons. The molecule has 0 amide bonds. The maximum atomic E-state index is 12.7. The standard InChI is InChI=1S/C54H92O6/c1-4-7-10-13-16-19-22-24-25-26-27-28-29-31-32-35-38-41-44-47-53(56)59-50-51(49-58-52(55)46-43-40-37-34-21-18-15-12-9-6-3)60-54(57)48-45-42-39-36-33-30-23-20-17-14-11-8-5-2/h7,10,12,15-16,19-20,23-25,27-28,51H,4-6,8-9,11,13-14,17-18,21-22,26,29-50H2,1-3H3/b10-7-,15-12-,19-16-,23-20-,25-24-,28-27-. The number of esters is 3. The summed E-state index contributed by atoms with van der Waals surface area (Å²) in [6.45, 7) is 6.41. The van der Waals surface area contributed by atoms with Crippen molar-refractivity contribution in [3.63, 3.8) is 0 Å². The Bertz CT molecular complexity index is 1140. The van der Waals surface area contributed by atoms with Gasteiger partial charge in [0.25, 0.3) is 0 Å². The van der Waals surface area contributed by atoms with Gasteiger partial charge in [-0.25, -0.2) is 0 Å². The van der Waals surface area contributed by atoms with Gasteiger partial charge in [-0.3, -0.25) is 14.4 Å². The van der Waals surface area contributed by atoms with E-state index in [2.05, 4.69) is 93.7 Å². The van der Waals surface area contributed by atoms with E-state index in [-0.39, 0.29) is 31.1 Å². The zero-order valence-corrected chi connectivity index (χ0v) is 39.2. The zero-order chi connectivity index (χ0) is 43.7. The lowest BCUT2D eigenvalue weighted by atomic mass is 10.1. The minimum atomic E-state index is -0.787. The van der Waals surface area contributed by atoms with E-state index in [9.17, 15) is 14.4 Å². The van der Waals surface area contributed by atoms with Crippen LogP contribution in [0.15, 0.2) is 72.9 Å². The number of allylic oxidation sites excluding steroid dienone is 12. The zero-order valence-electron chi connectivity index (χ0n) is 39.2. The Balaban J connectivity index is 4.37. The molecule has 344 valence electrons. The summed E-state index contributed by atoms with van der Waals surface area (Å²) in [6, 6.07) is 0. The third-order valence-corrected chi connectivity index (χ3v) is 10.4. The Morgan fingerprint density at radius 1 is 0.350 bits per heavy atom. The molecular weight excluding hydrogens is 745 g/mol. The topological polar surface area (TPSA) is 78.9 Å². The summed E-state index contributed by atoms with van der Waals surface area (Å²) in [7, 11) is 0. The van der Waals surface area contributed by atoms with Crippen molar-refractivity contribution in [2.45, 2.75) is 239 Å². The van der Waals surface area contributed by atoms with E-state index in [0.29, 0.717) is 19.3 Å². The van der Waals surface area contributed by atoms with Crippen molar-refractivity contribution in [3.05, 3.63) is 72.9 Å². The van der Waals surface area contributed by atoms with Gasteiger partial charge in [0.1, 0.15) is 13.2 Å². The van der Waals surface area contributed by atoms with E-state index in [1.165, 1.54) is 77.0 Å². The Morgan fingerprint density at radius 2 is 0.683 bits per heavy atom. The number of hydrogen-bond donors (Lipinski definition) is 0. The summed E-state index contributed by atoms with van der Waals surface area (Å²) in [5, 5.41) is 0. The van der Waals surface area contributed by atoms with Gasteiger partial charge in [-0.15, -0.1) is 0 Å². The van der Waals surface area contributed by atoms with Crippen LogP contribution in [-0.4, -0.2) is 37.2 Å². The predicted octanol–water partition coefficient (Wildman–Crippen LogP) is 16.3. The maximum Gasteiger partial charge on any atom is 0.306 e. The number of carbonyl (C=O) groups is 3. The van der Waals surface area contributed by atoms with Crippen LogP contribution < -0.4 is 0 Å². The molecule has 0 spiro atoms. The second-order valence-corrected chi connectivity index (χ2v) is 16.3. The molecule has 0 saturated heterocycles. The molecule has 0 aliphatic carbocycles. The number of ether oxygens (including phenoxy) is 3. The minimum absolute atomic E-state index is 0.0883. The van der Waals surface area contributed by atoms with Crippen LogP contribution in [0.5, 0.6) is 0 Å². The number of carbonyl (C=O) groups excluding carboxylic acids is 3. The molecule has 1 atom stereocenters. The lowest BCUT2D eigenvalue weighted by Crippen LogP contribution is -2.30. The number of hydrogen-bond acceptors (Lipinski definition) is 6. The Labute approximate surface area is 370 Å². The van der Waals surface area contributed by atoms with Gasteiger partial charge in [0, 0.05) is 19.3 Å². The fraction of sp³-hybridized carbons (Fsp3) is 0.722. The summed E-state index contributed by atoms with van der Waals surface area (Å²) in [4.78, 5) is 37.9. The van der Waals surface area contributed by atoms with Gasteiger partial charge in [0.05, 0.1) is 0 Å². The molecule has 1 unspecified atom stereocenters. The van der Waals surface area contributed by atoms with Crippen molar-refractivity contribution in [2.24, 2.45) is 0 Å². The average molecular weight is 837 g/mol. The van der Waals surface area contributed by atoms with Crippen molar-refractivity contribution >= 4 is 17.9 Å². The van der Waals surface area contributed by atoms with Crippen molar-refractivity contribution in [2.75, 3.05) is 13.2 Å². The molecule has 0 aromatic heterocycles. The van der Waals surface area contributed by atoms with E-state index in [1.807, 2.05) is 0 Å².